The topological polar surface area (TPSA) is 46.1 Å². The molecule has 0 radical (unpaired) electrons. The zero-order valence-electron chi connectivity index (χ0n) is 18.4. The van der Waals surface area contributed by atoms with E-state index >= 15 is 0 Å². The summed E-state index contributed by atoms with van der Waals surface area (Å²) in [7, 11) is 2.23. The van der Waals surface area contributed by atoms with E-state index in [1.165, 1.54) is 70.0 Å². The Bertz CT molecular complexity index is 584. The summed E-state index contributed by atoms with van der Waals surface area (Å²) in [4.78, 5) is 14.1. The summed E-state index contributed by atoms with van der Waals surface area (Å²) >= 11 is 1.86. The molecule has 2 aliphatic rings. The fourth-order valence-corrected chi connectivity index (χ4v) is 5.12. The molecule has 0 aliphatic carbocycles. The smallest absolute Gasteiger partial charge is 0.191 e. The van der Waals surface area contributed by atoms with E-state index in [1.54, 1.807) is 0 Å². The number of nitrogens with one attached hydrogen (secondary N) is 2. The molecule has 0 spiro atoms. The highest BCUT2D eigenvalue weighted by Gasteiger charge is 2.24. The quantitative estimate of drug-likeness (QED) is 0.365. The average Bonchev–Trinajstić information content (AvgIpc) is 3.40. The molecule has 2 N–H and O–H groups in total. The van der Waals surface area contributed by atoms with Crippen LogP contribution in [0.3, 0.4) is 0 Å². The van der Waals surface area contributed by atoms with Gasteiger partial charge >= 0.3 is 0 Å². The number of rotatable bonds is 9. The van der Waals surface area contributed by atoms with Crippen LogP contribution in [-0.2, 0) is 0 Å². The Labute approximate surface area is 181 Å². The molecule has 6 nitrogen and oxygen atoms in total. The van der Waals surface area contributed by atoms with Crippen molar-refractivity contribution in [2.45, 2.75) is 38.6 Å². The largest absolute Gasteiger partial charge is 0.357 e. The van der Waals surface area contributed by atoms with E-state index in [9.17, 15) is 0 Å². The highest BCUT2D eigenvalue weighted by atomic mass is 32.1. The van der Waals surface area contributed by atoms with Gasteiger partial charge in [0.1, 0.15) is 0 Å². The summed E-state index contributed by atoms with van der Waals surface area (Å²) in [5, 5.41) is 9.18. The summed E-state index contributed by atoms with van der Waals surface area (Å²) in [5.74, 6) is 0.962. The number of likely N-dealkylation sites (tertiary alicyclic amines) is 1. The van der Waals surface area contributed by atoms with E-state index in [0.717, 1.165) is 32.0 Å². The van der Waals surface area contributed by atoms with Crippen LogP contribution in [0.2, 0.25) is 0 Å². The minimum Gasteiger partial charge on any atom is -0.357 e. The van der Waals surface area contributed by atoms with Crippen molar-refractivity contribution < 1.29 is 0 Å². The Morgan fingerprint density at radius 2 is 1.97 bits per heavy atom. The summed E-state index contributed by atoms with van der Waals surface area (Å²) in [6, 6.07) is 4.85. The zero-order valence-corrected chi connectivity index (χ0v) is 19.2. The van der Waals surface area contributed by atoms with Gasteiger partial charge in [0.15, 0.2) is 5.96 Å². The molecule has 1 aromatic heterocycles. The molecule has 1 aromatic rings. The first-order valence-corrected chi connectivity index (χ1v) is 12.3. The fourth-order valence-electron chi connectivity index (χ4n) is 4.27. The summed E-state index contributed by atoms with van der Waals surface area (Å²) in [6.45, 7) is 13.3. The molecule has 0 aromatic carbocycles. The molecule has 0 saturated carbocycles. The van der Waals surface area contributed by atoms with Gasteiger partial charge in [-0.3, -0.25) is 9.89 Å². The first kappa shape index (κ1) is 22.5. The lowest BCUT2D eigenvalue weighted by atomic mass is 10.2. The molecule has 2 fully saturated rings. The van der Waals surface area contributed by atoms with Crippen LogP contribution in [0.5, 0.6) is 0 Å². The molecule has 2 aliphatic heterocycles. The normalized spacial score (nSPS) is 21.2. The number of aliphatic imine (C=N–C) groups is 1. The van der Waals surface area contributed by atoms with E-state index in [2.05, 4.69) is 56.8 Å². The Hall–Kier alpha value is -1.15. The van der Waals surface area contributed by atoms with Gasteiger partial charge in [-0.15, -0.1) is 11.3 Å². The average molecular weight is 421 g/mol. The Balaban J connectivity index is 1.46. The van der Waals surface area contributed by atoms with Crippen LogP contribution >= 0.6 is 11.3 Å². The lowest BCUT2D eigenvalue weighted by Gasteiger charge is -2.25. The molecule has 3 rings (SSSR count). The van der Waals surface area contributed by atoms with E-state index in [1.807, 2.05) is 11.3 Å². The van der Waals surface area contributed by atoms with Crippen LogP contribution in [0, 0.1) is 0 Å². The van der Waals surface area contributed by atoms with Crippen LogP contribution in [0.1, 0.15) is 43.5 Å². The molecular weight excluding hydrogens is 380 g/mol. The molecule has 1 atom stereocenters. The molecule has 29 heavy (non-hydrogen) atoms. The summed E-state index contributed by atoms with van der Waals surface area (Å²) < 4.78 is 0. The van der Waals surface area contributed by atoms with Gasteiger partial charge in [-0.2, -0.15) is 0 Å². The number of hydrogen-bond donors (Lipinski definition) is 2. The lowest BCUT2D eigenvalue weighted by molar-refractivity contribution is 0.255. The van der Waals surface area contributed by atoms with Crippen molar-refractivity contribution in [2.75, 3.05) is 72.5 Å². The van der Waals surface area contributed by atoms with E-state index in [-0.39, 0.29) is 0 Å². The van der Waals surface area contributed by atoms with Crippen molar-refractivity contribution in [1.29, 1.82) is 0 Å². The van der Waals surface area contributed by atoms with Gasteiger partial charge < -0.3 is 20.4 Å². The Morgan fingerprint density at radius 1 is 1.10 bits per heavy atom. The molecule has 7 heteroatoms. The minimum absolute atomic E-state index is 0.419. The molecule has 1 unspecified atom stereocenters. The predicted molar refractivity (Wildman–Crippen MR) is 125 cm³/mol. The number of thiophene rings is 1. The summed E-state index contributed by atoms with van der Waals surface area (Å²) in [5.41, 5.74) is 0. The third kappa shape index (κ3) is 7.55. The van der Waals surface area contributed by atoms with Crippen molar-refractivity contribution in [2.24, 2.45) is 4.99 Å². The SMILES string of the molecule is CCNC(=NCC(c1cccs1)N1CCCC1)NCCCN1CCCN(C)CC1. The van der Waals surface area contributed by atoms with Crippen LogP contribution in [-0.4, -0.2) is 93.2 Å². The highest BCUT2D eigenvalue weighted by molar-refractivity contribution is 7.10. The van der Waals surface area contributed by atoms with Crippen LogP contribution < -0.4 is 10.6 Å². The van der Waals surface area contributed by atoms with Crippen molar-refractivity contribution in [1.82, 2.24) is 25.3 Å². The lowest BCUT2D eigenvalue weighted by Crippen LogP contribution is -2.40. The number of hydrogen-bond acceptors (Lipinski definition) is 5. The van der Waals surface area contributed by atoms with Gasteiger partial charge in [-0.25, -0.2) is 0 Å². The van der Waals surface area contributed by atoms with Crippen LogP contribution in [0.4, 0.5) is 0 Å². The molecule has 3 heterocycles. The maximum Gasteiger partial charge on any atom is 0.191 e. The number of nitrogens with zero attached hydrogens (tertiary/aromatic N) is 4. The Kier molecular flexibility index (Phi) is 9.73. The van der Waals surface area contributed by atoms with Gasteiger partial charge in [0.25, 0.3) is 0 Å². The monoisotopic (exact) mass is 420 g/mol. The van der Waals surface area contributed by atoms with E-state index < -0.39 is 0 Å². The van der Waals surface area contributed by atoms with Gasteiger partial charge in [0, 0.05) is 31.1 Å². The first-order chi connectivity index (χ1) is 14.3. The third-order valence-electron chi connectivity index (χ3n) is 5.98. The number of likely N-dealkylation sites (N-methyl/N-ethyl adjacent to an activating group) is 1. The maximum atomic E-state index is 4.96. The third-order valence-corrected chi connectivity index (χ3v) is 6.95. The van der Waals surface area contributed by atoms with Crippen molar-refractivity contribution in [3.8, 4) is 0 Å². The molecule has 0 bridgehead atoms. The highest BCUT2D eigenvalue weighted by Crippen LogP contribution is 2.28. The second-order valence-electron chi connectivity index (χ2n) is 8.27. The van der Waals surface area contributed by atoms with Crippen molar-refractivity contribution >= 4 is 17.3 Å². The minimum atomic E-state index is 0.419. The van der Waals surface area contributed by atoms with Gasteiger partial charge in [-0.1, -0.05) is 6.07 Å². The van der Waals surface area contributed by atoms with Crippen LogP contribution in [0.15, 0.2) is 22.5 Å². The molecule has 164 valence electrons. The maximum absolute atomic E-state index is 4.96. The predicted octanol–water partition coefficient (Wildman–Crippen LogP) is 2.47. The molecule has 2 saturated heterocycles. The second-order valence-corrected chi connectivity index (χ2v) is 9.25. The van der Waals surface area contributed by atoms with E-state index in [0.29, 0.717) is 6.04 Å². The van der Waals surface area contributed by atoms with Crippen molar-refractivity contribution in [3.05, 3.63) is 22.4 Å². The van der Waals surface area contributed by atoms with Gasteiger partial charge in [-0.05, 0) is 83.8 Å². The fraction of sp³-hybridized carbons (Fsp3) is 0.773. The second kappa shape index (κ2) is 12.5. The molecular formula is C22H40N6S. The van der Waals surface area contributed by atoms with Gasteiger partial charge in [0.05, 0.1) is 12.6 Å². The standard InChI is InChI=1S/C22H40N6S/c1-3-23-22(24-10-7-12-27-13-8-11-26(2)16-17-27)25-19-20(21-9-6-18-29-21)28-14-4-5-15-28/h6,9,18,20H,3-5,7-8,10-17,19H2,1-2H3,(H2,23,24,25). The zero-order chi connectivity index (χ0) is 20.3. The number of guanidine groups is 1. The molecule has 0 amide bonds. The van der Waals surface area contributed by atoms with Crippen LogP contribution in [0.25, 0.3) is 0 Å². The summed E-state index contributed by atoms with van der Waals surface area (Å²) in [6.07, 6.45) is 5.08. The van der Waals surface area contributed by atoms with E-state index in [4.69, 9.17) is 4.99 Å². The van der Waals surface area contributed by atoms with Crippen molar-refractivity contribution in [3.63, 3.8) is 0 Å². The Morgan fingerprint density at radius 3 is 2.72 bits per heavy atom. The van der Waals surface area contributed by atoms with Gasteiger partial charge in [0.2, 0.25) is 0 Å². The first-order valence-electron chi connectivity index (χ1n) is 11.5.